The van der Waals surface area contributed by atoms with Gasteiger partial charge in [-0.15, -0.1) is 0 Å². The molecular weight excluding hydrogens is 186 g/mol. The standard InChI is InChI=1S/C13H25NO/c1-10(2)4-3-5-13(15)11-6-8-12(14)9-7-11/h10-12H,3-9,14H2,1-2H3. The van der Waals surface area contributed by atoms with Crippen LogP contribution in [0.2, 0.25) is 0 Å². The van der Waals surface area contributed by atoms with Crippen molar-refractivity contribution in [1.29, 1.82) is 0 Å². The van der Waals surface area contributed by atoms with Crippen molar-refractivity contribution in [3.05, 3.63) is 0 Å². The molecular formula is C13H25NO. The van der Waals surface area contributed by atoms with Crippen LogP contribution in [0.25, 0.3) is 0 Å². The highest BCUT2D eigenvalue weighted by Gasteiger charge is 2.23. The molecule has 0 atom stereocenters. The van der Waals surface area contributed by atoms with Crippen molar-refractivity contribution in [3.8, 4) is 0 Å². The molecule has 1 rings (SSSR count). The molecule has 0 radical (unpaired) electrons. The molecule has 1 fully saturated rings. The van der Waals surface area contributed by atoms with Crippen LogP contribution in [0.5, 0.6) is 0 Å². The van der Waals surface area contributed by atoms with E-state index < -0.39 is 0 Å². The number of carbonyl (C=O) groups excluding carboxylic acids is 1. The van der Waals surface area contributed by atoms with E-state index in [2.05, 4.69) is 13.8 Å². The molecule has 0 aromatic rings. The van der Waals surface area contributed by atoms with Gasteiger partial charge in [0.25, 0.3) is 0 Å². The zero-order chi connectivity index (χ0) is 11.3. The first kappa shape index (κ1) is 12.7. The summed E-state index contributed by atoms with van der Waals surface area (Å²) in [4.78, 5) is 11.8. The van der Waals surface area contributed by atoms with Crippen molar-refractivity contribution in [2.75, 3.05) is 0 Å². The van der Waals surface area contributed by atoms with E-state index in [-0.39, 0.29) is 0 Å². The molecule has 0 saturated heterocycles. The number of hydrogen-bond donors (Lipinski definition) is 1. The number of rotatable bonds is 5. The van der Waals surface area contributed by atoms with Gasteiger partial charge in [-0.25, -0.2) is 0 Å². The highest BCUT2D eigenvalue weighted by Crippen LogP contribution is 2.25. The van der Waals surface area contributed by atoms with Crippen molar-refractivity contribution < 1.29 is 4.79 Å². The second-order valence-corrected chi connectivity index (χ2v) is 5.36. The Morgan fingerprint density at radius 1 is 1.27 bits per heavy atom. The number of hydrogen-bond acceptors (Lipinski definition) is 2. The molecule has 0 aromatic heterocycles. The average Bonchev–Trinajstić information content (AvgIpc) is 2.18. The molecule has 1 aliphatic carbocycles. The van der Waals surface area contributed by atoms with Crippen LogP contribution < -0.4 is 5.73 Å². The first-order valence-corrected chi connectivity index (χ1v) is 6.38. The minimum atomic E-state index is 0.331. The molecule has 0 heterocycles. The summed E-state index contributed by atoms with van der Waals surface area (Å²) in [5.41, 5.74) is 5.83. The fourth-order valence-corrected chi connectivity index (χ4v) is 2.33. The first-order valence-electron chi connectivity index (χ1n) is 6.38. The smallest absolute Gasteiger partial charge is 0.135 e. The Hall–Kier alpha value is -0.370. The van der Waals surface area contributed by atoms with Gasteiger partial charge >= 0.3 is 0 Å². The Morgan fingerprint density at radius 2 is 1.87 bits per heavy atom. The lowest BCUT2D eigenvalue weighted by molar-refractivity contribution is -0.124. The summed E-state index contributed by atoms with van der Waals surface area (Å²) in [7, 11) is 0. The number of Topliss-reactive ketones (excluding diaryl/α,β-unsaturated/α-hetero) is 1. The van der Waals surface area contributed by atoms with Crippen LogP contribution in [-0.4, -0.2) is 11.8 Å². The molecule has 88 valence electrons. The number of nitrogens with two attached hydrogens (primary N) is 1. The van der Waals surface area contributed by atoms with E-state index in [0.29, 0.717) is 17.7 Å². The maximum Gasteiger partial charge on any atom is 0.135 e. The van der Waals surface area contributed by atoms with Gasteiger partial charge in [0.2, 0.25) is 0 Å². The Balaban J connectivity index is 2.17. The molecule has 0 amide bonds. The lowest BCUT2D eigenvalue weighted by Gasteiger charge is -2.25. The summed E-state index contributed by atoms with van der Waals surface area (Å²) in [5, 5.41) is 0. The largest absolute Gasteiger partial charge is 0.328 e. The maximum atomic E-state index is 11.8. The molecule has 0 unspecified atom stereocenters. The van der Waals surface area contributed by atoms with Gasteiger partial charge in [-0.05, 0) is 38.0 Å². The molecule has 15 heavy (non-hydrogen) atoms. The van der Waals surface area contributed by atoms with Gasteiger partial charge in [-0.2, -0.15) is 0 Å². The van der Waals surface area contributed by atoms with Crippen molar-refractivity contribution in [2.45, 2.75) is 64.8 Å². The SMILES string of the molecule is CC(C)CCCC(=O)C1CCC(N)CC1. The molecule has 1 saturated carbocycles. The first-order chi connectivity index (χ1) is 7.09. The Morgan fingerprint density at radius 3 is 2.40 bits per heavy atom. The summed E-state index contributed by atoms with van der Waals surface area (Å²) in [5.74, 6) is 1.54. The van der Waals surface area contributed by atoms with Gasteiger partial charge in [0, 0.05) is 18.4 Å². The molecule has 1 aliphatic rings. The van der Waals surface area contributed by atoms with Crippen LogP contribution >= 0.6 is 0 Å². The van der Waals surface area contributed by atoms with E-state index in [1.54, 1.807) is 0 Å². The number of carbonyl (C=O) groups is 1. The van der Waals surface area contributed by atoms with Crippen molar-refractivity contribution in [3.63, 3.8) is 0 Å². The third-order valence-electron chi connectivity index (χ3n) is 3.43. The third-order valence-corrected chi connectivity index (χ3v) is 3.43. The van der Waals surface area contributed by atoms with Gasteiger partial charge < -0.3 is 5.73 Å². The summed E-state index contributed by atoms with van der Waals surface area (Å²) in [6.07, 6.45) is 7.18. The predicted molar refractivity (Wildman–Crippen MR) is 63.6 cm³/mol. The molecule has 0 aromatic carbocycles. The normalized spacial score (nSPS) is 26.9. The van der Waals surface area contributed by atoms with Crippen molar-refractivity contribution >= 4 is 5.78 Å². The fraction of sp³-hybridized carbons (Fsp3) is 0.923. The molecule has 2 N–H and O–H groups in total. The fourth-order valence-electron chi connectivity index (χ4n) is 2.33. The van der Waals surface area contributed by atoms with Gasteiger partial charge in [0.15, 0.2) is 0 Å². The maximum absolute atomic E-state index is 11.8. The Kier molecular flexibility index (Phi) is 5.30. The van der Waals surface area contributed by atoms with E-state index in [9.17, 15) is 4.79 Å². The van der Waals surface area contributed by atoms with E-state index >= 15 is 0 Å². The van der Waals surface area contributed by atoms with E-state index in [0.717, 1.165) is 44.4 Å². The predicted octanol–water partition coefficient (Wildman–Crippen LogP) is 2.90. The molecule has 0 bridgehead atoms. The topological polar surface area (TPSA) is 43.1 Å². The van der Waals surface area contributed by atoms with E-state index in [1.165, 1.54) is 6.42 Å². The minimum Gasteiger partial charge on any atom is -0.328 e. The lowest BCUT2D eigenvalue weighted by Crippen LogP contribution is -2.29. The highest BCUT2D eigenvalue weighted by molar-refractivity contribution is 5.81. The number of ketones is 1. The van der Waals surface area contributed by atoms with Gasteiger partial charge in [-0.3, -0.25) is 4.79 Å². The van der Waals surface area contributed by atoms with Crippen LogP contribution in [0.4, 0.5) is 0 Å². The zero-order valence-corrected chi connectivity index (χ0v) is 10.2. The third kappa shape index (κ3) is 4.78. The molecule has 0 aliphatic heterocycles. The van der Waals surface area contributed by atoms with Gasteiger partial charge in [-0.1, -0.05) is 20.3 Å². The second kappa shape index (κ2) is 6.26. The van der Waals surface area contributed by atoms with Crippen LogP contribution in [0, 0.1) is 11.8 Å². The lowest BCUT2D eigenvalue weighted by atomic mass is 9.82. The summed E-state index contributed by atoms with van der Waals surface area (Å²) in [6.45, 7) is 4.42. The highest BCUT2D eigenvalue weighted by atomic mass is 16.1. The van der Waals surface area contributed by atoms with E-state index in [4.69, 9.17) is 5.73 Å². The summed E-state index contributed by atoms with van der Waals surface area (Å²) >= 11 is 0. The van der Waals surface area contributed by atoms with Crippen molar-refractivity contribution in [1.82, 2.24) is 0 Å². The summed E-state index contributed by atoms with van der Waals surface area (Å²) in [6, 6.07) is 0.352. The van der Waals surface area contributed by atoms with Crippen molar-refractivity contribution in [2.24, 2.45) is 17.6 Å². The monoisotopic (exact) mass is 211 g/mol. The second-order valence-electron chi connectivity index (χ2n) is 5.36. The van der Waals surface area contributed by atoms with Crippen LogP contribution in [0.3, 0.4) is 0 Å². The Labute approximate surface area is 93.6 Å². The van der Waals surface area contributed by atoms with Crippen LogP contribution in [-0.2, 0) is 4.79 Å². The summed E-state index contributed by atoms with van der Waals surface area (Å²) < 4.78 is 0. The van der Waals surface area contributed by atoms with Crippen LogP contribution in [0.15, 0.2) is 0 Å². The van der Waals surface area contributed by atoms with Gasteiger partial charge in [0.05, 0.1) is 0 Å². The molecule has 2 heteroatoms. The van der Waals surface area contributed by atoms with Crippen LogP contribution in [0.1, 0.15) is 58.8 Å². The minimum absolute atomic E-state index is 0.331. The zero-order valence-electron chi connectivity index (χ0n) is 10.2. The molecule has 0 spiro atoms. The average molecular weight is 211 g/mol. The van der Waals surface area contributed by atoms with E-state index in [1.807, 2.05) is 0 Å². The quantitative estimate of drug-likeness (QED) is 0.760. The Bertz CT molecular complexity index is 193. The molecule has 2 nitrogen and oxygen atoms in total. The van der Waals surface area contributed by atoms with Gasteiger partial charge in [0.1, 0.15) is 5.78 Å².